The molecule has 0 atom stereocenters. The van der Waals surface area contributed by atoms with E-state index in [1.54, 1.807) is 6.92 Å². The summed E-state index contributed by atoms with van der Waals surface area (Å²) in [6.45, 7) is 5.32. The molecule has 0 fully saturated rings. The molecule has 0 spiro atoms. The maximum Gasteiger partial charge on any atom is 0.240 e. The van der Waals surface area contributed by atoms with Gasteiger partial charge in [-0.05, 0) is 38.5 Å². The van der Waals surface area contributed by atoms with Gasteiger partial charge in [0.25, 0.3) is 0 Å². The Morgan fingerprint density at radius 2 is 2.00 bits per heavy atom. The van der Waals surface area contributed by atoms with E-state index in [0.717, 1.165) is 0 Å². The second-order valence-corrected chi connectivity index (χ2v) is 7.15. The van der Waals surface area contributed by atoms with Crippen LogP contribution < -0.4 is 15.8 Å². The third-order valence-corrected chi connectivity index (χ3v) is 4.61. The van der Waals surface area contributed by atoms with Crippen LogP contribution in [0.3, 0.4) is 0 Å². The number of carbonyl (C=O) groups is 1. The molecule has 0 saturated carbocycles. The van der Waals surface area contributed by atoms with E-state index in [1.165, 1.54) is 12.1 Å². The van der Waals surface area contributed by atoms with Crippen molar-refractivity contribution < 1.29 is 13.2 Å². The van der Waals surface area contributed by atoms with E-state index in [4.69, 9.17) is 17.3 Å². The lowest BCUT2D eigenvalue weighted by Gasteiger charge is -2.12. The van der Waals surface area contributed by atoms with Crippen LogP contribution >= 0.6 is 11.6 Å². The summed E-state index contributed by atoms with van der Waals surface area (Å²) in [5, 5.41) is 2.99. The molecular weight excluding hydrogens is 314 g/mol. The molecule has 0 unspecified atom stereocenters. The number of nitrogens with two attached hydrogens (primary N) is 1. The fourth-order valence-corrected chi connectivity index (χ4v) is 3.24. The average Bonchev–Trinajstić information content (AvgIpc) is 2.32. The lowest BCUT2D eigenvalue weighted by molar-refractivity contribution is -0.121. The molecule has 118 valence electrons. The smallest absolute Gasteiger partial charge is 0.240 e. The fraction of sp³-hybridized carbons (Fsp3) is 0.462. The molecule has 1 amide bonds. The first kappa shape index (κ1) is 17.7. The number of amides is 1. The van der Waals surface area contributed by atoms with E-state index in [9.17, 15) is 13.2 Å². The van der Waals surface area contributed by atoms with Crippen molar-refractivity contribution in [2.75, 3.05) is 12.3 Å². The van der Waals surface area contributed by atoms with E-state index in [-0.39, 0.29) is 35.5 Å². The summed E-state index contributed by atoms with van der Waals surface area (Å²) in [7, 11) is -3.72. The summed E-state index contributed by atoms with van der Waals surface area (Å²) in [6.07, 6.45) is 0.0690. The van der Waals surface area contributed by atoms with E-state index in [0.29, 0.717) is 10.6 Å². The molecule has 0 aliphatic carbocycles. The monoisotopic (exact) mass is 333 g/mol. The second-order valence-electron chi connectivity index (χ2n) is 5.01. The highest BCUT2D eigenvalue weighted by molar-refractivity contribution is 7.89. The molecule has 1 aromatic rings. The van der Waals surface area contributed by atoms with Gasteiger partial charge in [0.2, 0.25) is 15.9 Å². The second kappa shape index (κ2) is 7.11. The number of aryl methyl sites for hydroxylation is 1. The molecular formula is C13H20ClN3O3S. The Morgan fingerprint density at radius 1 is 1.38 bits per heavy atom. The van der Waals surface area contributed by atoms with Crippen LogP contribution in [0.5, 0.6) is 0 Å². The topological polar surface area (TPSA) is 101 Å². The zero-order chi connectivity index (χ0) is 16.2. The van der Waals surface area contributed by atoms with Crippen molar-refractivity contribution in [1.82, 2.24) is 10.0 Å². The van der Waals surface area contributed by atoms with Crippen LogP contribution in [0.4, 0.5) is 5.69 Å². The van der Waals surface area contributed by atoms with Crippen LogP contribution in [0, 0.1) is 6.92 Å². The van der Waals surface area contributed by atoms with Crippen LogP contribution in [-0.4, -0.2) is 26.9 Å². The largest absolute Gasteiger partial charge is 0.397 e. The predicted molar refractivity (Wildman–Crippen MR) is 83.7 cm³/mol. The van der Waals surface area contributed by atoms with E-state index >= 15 is 0 Å². The van der Waals surface area contributed by atoms with Crippen molar-refractivity contribution in [2.24, 2.45) is 0 Å². The summed E-state index contributed by atoms with van der Waals surface area (Å²) in [5.74, 6) is -0.208. The van der Waals surface area contributed by atoms with Crippen molar-refractivity contribution in [3.05, 3.63) is 22.7 Å². The molecule has 0 bridgehead atoms. The van der Waals surface area contributed by atoms with E-state index in [1.807, 2.05) is 13.8 Å². The highest BCUT2D eigenvalue weighted by atomic mass is 35.5. The summed E-state index contributed by atoms with van der Waals surface area (Å²) >= 11 is 5.84. The fourth-order valence-electron chi connectivity index (χ4n) is 1.73. The van der Waals surface area contributed by atoms with Gasteiger partial charge in [-0.15, -0.1) is 0 Å². The van der Waals surface area contributed by atoms with Crippen molar-refractivity contribution in [3.63, 3.8) is 0 Å². The molecule has 0 aromatic heterocycles. The Morgan fingerprint density at radius 3 is 2.57 bits per heavy atom. The first-order valence-electron chi connectivity index (χ1n) is 6.48. The van der Waals surface area contributed by atoms with Gasteiger partial charge in [-0.1, -0.05) is 11.6 Å². The van der Waals surface area contributed by atoms with Crippen molar-refractivity contribution in [3.8, 4) is 0 Å². The standard InChI is InChI=1S/C13H20ClN3O3S/c1-8(2)17-13(18)4-5-16-21(19,20)12-7-11(15)10(14)6-9(12)3/h6-8,16H,4-5,15H2,1-3H3,(H,17,18). The maximum absolute atomic E-state index is 12.2. The van der Waals surface area contributed by atoms with Crippen LogP contribution in [-0.2, 0) is 14.8 Å². The summed E-state index contributed by atoms with van der Waals surface area (Å²) in [6, 6.07) is 2.83. The molecule has 0 heterocycles. The van der Waals surface area contributed by atoms with Gasteiger partial charge < -0.3 is 11.1 Å². The maximum atomic E-state index is 12.2. The lowest BCUT2D eigenvalue weighted by atomic mass is 10.2. The third-order valence-electron chi connectivity index (χ3n) is 2.68. The highest BCUT2D eigenvalue weighted by Gasteiger charge is 2.18. The van der Waals surface area contributed by atoms with Crippen molar-refractivity contribution >= 4 is 33.2 Å². The minimum Gasteiger partial charge on any atom is -0.397 e. The number of benzene rings is 1. The Labute approximate surface area is 130 Å². The molecule has 0 aliphatic heterocycles. The molecule has 0 saturated heterocycles. The molecule has 6 nitrogen and oxygen atoms in total. The molecule has 8 heteroatoms. The Hall–Kier alpha value is -1.31. The SMILES string of the molecule is Cc1cc(Cl)c(N)cc1S(=O)(=O)NCCC(=O)NC(C)C. The number of hydrogen-bond donors (Lipinski definition) is 3. The van der Waals surface area contributed by atoms with E-state index in [2.05, 4.69) is 10.0 Å². The van der Waals surface area contributed by atoms with Crippen molar-refractivity contribution in [2.45, 2.75) is 38.1 Å². The summed E-state index contributed by atoms with van der Waals surface area (Å²) in [5.41, 5.74) is 6.32. The van der Waals surface area contributed by atoms with Gasteiger partial charge in [0.1, 0.15) is 0 Å². The number of carbonyl (C=O) groups excluding carboxylic acids is 1. The first-order chi connectivity index (χ1) is 9.63. The molecule has 1 aromatic carbocycles. The molecule has 0 aliphatic rings. The zero-order valence-corrected chi connectivity index (χ0v) is 13.8. The van der Waals surface area contributed by atoms with Gasteiger partial charge in [0.15, 0.2) is 0 Å². The molecule has 1 rings (SSSR count). The quantitative estimate of drug-likeness (QED) is 0.685. The number of rotatable bonds is 6. The third kappa shape index (κ3) is 5.18. The molecule has 0 radical (unpaired) electrons. The Balaban J connectivity index is 2.75. The Bertz CT molecular complexity index is 630. The van der Waals surface area contributed by atoms with Gasteiger partial charge in [0.05, 0.1) is 15.6 Å². The van der Waals surface area contributed by atoms with Gasteiger partial charge in [-0.2, -0.15) is 0 Å². The van der Waals surface area contributed by atoms with Gasteiger partial charge in [-0.3, -0.25) is 4.79 Å². The summed E-state index contributed by atoms with van der Waals surface area (Å²) in [4.78, 5) is 11.5. The van der Waals surface area contributed by atoms with Gasteiger partial charge in [-0.25, -0.2) is 13.1 Å². The number of nitrogens with one attached hydrogen (secondary N) is 2. The Kier molecular flexibility index (Phi) is 6.00. The van der Waals surface area contributed by atoms with Crippen LogP contribution in [0.2, 0.25) is 5.02 Å². The van der Waals surface area contributed by atoms with Crippen molar-refractivity contribution in [1.29, 1.82) is 0 Å². The van der Waals surface area contributed by atoms with Crippen LogP contribution in [0.25, 0.3) is 0 Å². The van der Waals surface area contributed by atoms with E-state index < -0.39 is 10.0 Å². The lowest BCUT2D eigenvalue weighted by Crippen LogP contribution is -2.34. The first-order valence-corrected chi connectivity index (χ1v) is 8.34. The van der Waals surface area contributed by atoms with Crippen LogP contribution in [0.1, 0.15) is 25.8 Å². The van der Waals surface area contributed by atoms with Crippen LogP contribution in [0.15, 0.2) is 17.0 Å². The number of nitrogen functional groups attached to an aromatic ring is 1. The minimum absolute atomic E-state index is 0.0167. The molecule has 4 N–H and O–H groups in total. The number of hydrogen-bond acceptors (Lipinski definition) is 4. The number of anilines is 1. The summed E-state index contributed by atoms with van der Waals surface area (Å²) < 4.78 is 26.7. The minimum atomic E-state index is -3.72. The van der Waals surface area contributed by atoms with Gasteiger partial charge >= 0.3 is 0 Å². The zero-order valence-electron chi connectivity index (χ0n) is 12.2. The average molecular weight is 334 g/mol. The number of halogens is 1. The molecule has 21 heavy (non-hydrogen) atoms. The predicted octanol–water partition coefficient (Wildman–Crippen LogP) is 1.42. The highest BCUT2D eigenvalue weighted by Crippen LogP contribution is 2.25. The number of sulfonamides is 1. The normalized spacial score (nSPS) is 11.7. The van der Waals surface area contributed by atoms with Gasteiger partial charge in [0, 0.05) is 19.0 Å².